The van der Waals surface area contributed by atoms with Gasteiger partial charge in [-0.25, -0.2) is 0 Å². The van der Waals surface area contributed by atoms with Crippen LogP contribution in [0, 0.1) is 0 Å². The molecule has 0 aliphatic carbocycles. The van der Waals surface area contributed by atoms with Crippen LogP contribution in [-0.2, 0) is 0 Å². The molecule has 15 heavy (non-hydrogen) atoms. The lowest BCUT2D eigenvalue weighted by Gasteiger charge is -2.04. The fraction of sp³-hybridized carbons (Fsp3) is 0.300. The summed E-state index contributed by atoms with van der Waals surface area (Å²) in [5, 5.41) is 10.6. The minimum absolute atomic E-state index is 0.0224. The molecule has 0 saturated heterocycles. The summed E-state index contributed by atoms with van der Waals surface area (Å²) in [6, 6.07) is 4.93. The number of carboxylic acids is 1. The minimum atomic E-state index is -1.32. The number of aromatic carboxylic acids is 1. The van der Waals surface area contributed by atoms with Crippen molar-refractivity contribution < 1.29 is 15.6 Å². The first-order valence-corrected chi connectivity index (χ1v) is 5.10. The summed E-state index contributed by atoms with van der Waals surface area (Å²) in [4.78, 5) is 10.3. The van der Waals surface area contributed by atoms with Crippen LogP contribution < -0.4 is 10.8 Å². The van der Waals surface area contributed by atoms with E-state index in [1.165, 1.54) is 18.2 Å². The number of hydrogen-bond acceptors (Lipinski definition) is 2. The number of benzene rings is 1. The molecule has 1 aromatic carbocycles. The van der Waals surface area contributed by atoms with Gasteiger partial charge in [0.1, 0.15) is 0 Å². The number of carbonyl (C=O) groups is 1. The van der Waals surface area contributed by atoms with Crippen LogP contribution in [0.15, 0.2) is 18.2 Å². The van der Waals surface area contributed by atoms with Crippen LogP contribution in [-0.4, -0.2) is 12.0 Å². The molecule has 84 valence electrons. The second kappa shape index (κ2) is 6.67. The van der Waals surface area contributed by atoms with Crippen LogP contribution in [0.3, 0.4) is 0 Å². The van der Waals surface area contributed by atoms with E-state index < -0.39 is 5.97 Å². The number of carboxylic acid groups (broad SMARTS) is 1. The Bertz CT molecular complexity index is 337. The summed E-state index contributed by atoms with van der Waals surface area (Å²) in [6.45, 7) is 4.11. The van der Waals surface area contributed by atoms with E-state index in [0.29, 0.717) is 6.04 Å². The van der Waals surface area contributed by atoms with Gasteiger partial charge in [0.05, 0.1) is 22.1 Å². The summed E-state index contributed by atoms with van der Waals surface area (Å²) >= 11 is 11.1. The molecule has 3 N–H and O–H groups in total. The first-order chi connectivity index (χ1) is 6.86. The third-order valence-electron chi connectivity index (χ3n) is 1.17. The summed E-state index contributed by atoms with van der Waals surface area (Å²) in [5.74, 6) is -1.32. The zero-order chi connectivity index (χ0) is 12.0. The van der Waals surface area contributed by atoms with Gasteiger partial charge in [-0.2, -0.15) is 0 Å². The molecule has 0 amide bonds. The molecule has 0 fully saturated rings. The van der Waals surface area contributed by atoms with Crippen LogP contribution >= 0.6 is 23.2 Å². The van der Waals surface area contributed by atoms with Crippen molar-refractivity contribution in [2.45, 2.75) is 19.9 Å². The van der Waals surface area contributed by atoms with Crippen LogP contribution in [0.2, 0.25) is 10.0 Å². The average molecular weight is 250 g/mol. The van der Waals surface area contributed by atoms with E-state index in [-0.39, 0.29) is 15.6 Å². The van der Waals surface area contributed by atoms with Crippen LogP contribution in [0.4, 0.5) is 0 Å². The fourth-order valence-corrected chi connectivity index (χ4v) is 1.04. The van der Waals surface area contributed by atoms with Crippen LogP contribution in [0.1, 0.15) is 24.2 Å². The van der Waals surface area contributed by atoms with Crippen molar-refractivity contribution in [2.24, 2.45) is 0 Å². The summed E-state index contributed by atoms with van der Waals surface area (Å²) in [6.07, 6.45) is 0. The topological polar surface area (TPSA) is 67.8 Å². The van der Waals surface area contributed by atoms with Gasteiger partial charge in [0, 0.05) is 5.56 Å². The molecule has 0 saturated carbocycles. The summed E-state index contributed by atoms with van der Waals surface area (Å²) in [7, 11) is 0. The molecule has 5 heteroatoms. The van der Waals surface area contributed by atoms with E-state index in [9.17, 15) is 9.90 Å². The summed E-state index contributed by atoms with van der Waals surface area (Å²) < 4.78 is 0. The van der Waals surface area contributed by atoms with Crippen molar-refractivity contribution in [3.05, 3.63) is 33.8 Å². The molecule has 0 aliphatic rings. The third kappa shape index (κ3) is 5.62. The molecule has 0 spiro atoms. The lowest BCUT2D eigenvalue weighted by Crippen LogP contribution is -2.57. The average Bonchev–Trinajstić information content (AvgIpc) is 2.08. The molecule has 3 nitrogen and oxygen atoms in total. The fourth-order valence-electron chi connectivity index (χ4n) is 0.661. The molecule has 0 unspecified atom stereocenters. The highest BCUT2D eigenvalue weighted by atomic mass is 35.5. The SMILES string of the molecule is CC(C)[NH3+].O=C([O-])c1cccc(Cl)c1Cl. The number of carbonyl (C=O) groups excluding carboxylic acids is 1. The van der Waals surface area contributed by atoms with Gasteiger partial charge in [0.2, 0.25) is 0 Å². The van der Waals surface area contributed by atoms with Crippen molar-refractivity contribution in [2.75, 3.05) is 0 Å². The van der Waals surface area contributed by atoms with E-state index >= 15 is 0 Å². The standard InChI is InChI=1S/C7H4Cl2O2.C3H9N/c8-5-3-1-2-4(6(5)9)7(10)11;1-3(2)4/h1-3H,(H,10,11);3H,4H2,1-2H3. The summed E-state index contributed by atoms with van der Waals surface area (Å²) in [5.41, 5.74) is 3.55. The van der Waals surface area contributed by atoms with Crippen molar-refractivity contribution in [1.82, 2.24) is 0 Å². The van der Waals surface area contributed by atoms with Gasteiger partial charge in [-0.1, -0.05) is 35.3 Å². The molecule has 1 aromatic rings. The molecule has 1 rings (SSSR count). The zero-order valence-corrected chi connectivity index (χ0v) is 10.1. The second-order valence-electron chi connectivity index (χ2n) is 3.28. The Morgan fingerprint density at radius 1 is 1.40 bits per heavy atom. The quantitative estimate of drug-likeness (QED) is 0.807. The number of quaternary nitrogens is 1. The third-order valence-corrected chi connectivity index (χ3v) is 1.99. The molecular weight excluding hydrogens is 237 g/mol. The van der Waals surface area contributed by atoms with E-state index in [4.69, 9.17) is 23.2 Å². The largest absolute Gasteiger partial charge is 0.545 e. The molecule has 0 atom stereocenters. The van der Waals surface area contributed by atoms with Gasteiger partial charge in [-0.15, -0.1) is 0 Å². The van der Waals surface area contributed by atoms with Gasteiger partial charge in [0.15, 0.2) is 0 Å². The predicted molar refractivity (Wildman–Crippen MR) is 58.8 cm³/mol. The second-order valence-corrected chi connectivity index (χ2v) is 4.07. The number of rotatable bonds is 1. The van der Waals surface area contributed by atoms with Crippen molar-refractivity contribution >= 4 is 29.2 Å². The van der Waals surface area contributed by atoms with Crippen molar-refractivity contribution in [1.29, 1.82) is 0 Å². The molecule has 0 bridgehead atoms. The maximum Gasteiger partial charge on any atom is 0.0786 e. The van der Waals surface area contributed by atoms with E-state index in [0.717, 1.165) is 0 Å². The molecule has 0 heterocycles. The molecule has 0 radical (unpaired) electrons. The van der Waals surface area contributed by atoms with E-state index in [1.807, 2.05) is 0 Å². The van der Waals surface area contributed by atoms with Gasteiger partial charge in [-0.3, -0.25) is 0 Å². The number of halogens is 2. The van der Waals surface area contributed by atoms with Gasteiger partial charge >= 0.3 is 0 Å². The molecule has 0 aromatic heterocycles. The van der Waals surface area contributed by atoms with Gasteiger partial charge in [-0.05, 0) is 19.9 Å². The first kappa shape index (κ1) is 14.2. The van der Waals surface area contributed by atoms with Crippen molar-refractivity contribution in [3.63, 3.8) is 0 Å². The van der Waals surface area contributed by atoms with Gasteiger partial charge < -0.3 is 15.6 Å². The van der Waals surface area contributed by atoms with Gasteiger partial charge in [0.25, 0.3) is 0 Å². The molecular formula is C10H13Cl2NO2. The predicted octanol–water partition coefficient (Wildman–Crippen LogP) is 0.994. The highest BCUT2D eigenvalue weighted by Crippen LogP contribution is 2.24. The maximum absolute atomic E-state index is 10.3. The van der Waals surface area contributed by atoms with Crippen LogP contribution in [0.5, 0.6) is 0 Å². The van der Waals surface area contributed by atoms with Crippen LogP contribution in [0.25, 0.3) is 0 Å². The Morgan fingerprint density at radius 3 is 2.20 bits per heavy atom. The Kier molecular flexibility index (Phi) is 6.32. The monoisotopic (exact) mass is 249 g/mol. The highest BCUT2D eigenvalue weighted by molar-refractivity contribution is 6.43. The van der Waals surface area contributed by atoms with E-state index in [1.54, 1.807) is 0 Å². The Morgan fingerprint density at radius 2 is 1.87 bits per heavy atom. The lowest BCUT2D eigenvalue weighted by molar-refractivity contribution is -0.407. The first-order valence-electron chi connectivity index (χ1n) is 4.34. The Balaban J connectivity index is 0.000000423. The maximum atomic E-state index is 10.3. The Hall–Kier alpha value is -0.770. The Labute approximate surface area is 98.8 Å². The lowest BCUT2D eigenvalue weighted by atomic mass is 10.2. The number of hydrogen-bond donors (Lipinski definition) is 1. The normalized spacial score (nSPS) is 9.47. The minimum Gasteiger partial charge on any atom is -0.545 e. The smallest absolute Gasteiger partial charge is 0.0786 e. The zero-order valence-electron chi connectivity index (χ0n) is 8.59. The highest BCUT2D eigenvalue weighted by Gasteiger charge is 2.03. The van der Waals surface area contributed by atoms with E-state index in [2.05, 4.69) is 19.6 Å². The molecule has 0 aliphatic heterocycles. The van der Waals surface area contributed by atoms with Crippen molar-refractivity contribution in [3.8, 4) is 0 Å².